The zero-order valence-corrected chi connectivity index (χ0v) is 23.6. The average Bonchev–Trinajstić information content (AvgIpc) is 3.49. The summed E-state index contributed by atoms with van der Waals surface area (Å²) >= 11 is 3.79. The fraction of sp³-hybridized carbons (Fsp3) is 0.370. The maximum atomic E-state index is 12.5. The summed E-state index contributed by atoms with van der Waals surface area (Å²) in [4.78, 5) is 27.0. The van der Waals surface area contributed by atoms with Crippen molar-refractivity contribution in [1.82, 2.24) is 24.2 Å². The number of fused-ring (bicyclic) bond motifs is 1. The zero-order chi connectivity index (χ0) is 26.7. The van der Waals surface area contributed by atoms with Crippen molar-refractivity contribution in [2.45, 2.75) is 32.9 Å². The lowest BCUT2D eigenvalue weighted by molar-refractivity contribution is -0.0727. The summed E-state index contributed by atoms with van der Waals surface area (Å²) in [6, 6.07) is 10.5. The third kappa shape index (κ3) is 5.56. The largest absolute Gasteiger partial charge is 0.494 e. The van der Waals surface area contributed by atoms with Gasteiger partial charge >= 0.3 is 5.97 Å². The number of benzene rings is 2. The van der Waals surface area contributed by atoms with Gasteiger partial charge in [0.15, 0.2) is 0 Å². The van der Waals surface area contributed by atoms with Crippen LogP contribution in [-0.4, -0.2) is 65.1 Å². The minimum absolute atomic E-state index is 0.205. The standard InChI is InChI=1S/C27H32BrN5O4/c1-17(2)18-7-9-19(10-8-18)25-30-23-22(28)20(15-21(36-6)24(23)33(25)13-14-35-5)16-32-12-11-29-26(32)27(34)37-31(3)4/h7-12,15,17H,13-14,16H2,1-6H3. The van der Waals surface area contributed by atoms with Crippen LogP contribution in [-0.2, 0) is 22.7 Å². The maximum Gasteiger partial charge on any atom is 0.393 e. The molecule has 0 atom stereocenters. The molecule has 0 amide bonds. The summed E-state index contributed by atoms with van der Waals surface area (Å²) in [6.45, 7) is 5.86. The summed E-state index contributed by atoms with van der Waals surface area (Å²) in [6.07, 6.45) is 3.32. The monoisotopic (exact) mass is 569 g/mol. The fourth-order valence-electron chi connectivity index (χ4n) is 4.22. The van der Waals surface area contributed by atoms with Gasteiger partial charge in [0.25, 0.3) is 0 Å². The van der Waals surface area contributed by atoms with Crippen LogP contribution in [0, 0.1) is 0 Å². The van der Waals surface area contributed by atoms with Crippen molar-refractivity contribution in [1.29, 1.82) is 0 Å². The van der Waals surface area contributed by atoms with Crippen molar-refractivity contribution in [3.8, 4) is 17.1 Å². The number of hydrogen-bond donors (Lipinski definition) is 0. The van der Waals surface area contributed by atoms with Gasteiger partial charge in [0, 0.05) is 45.7 Å². The van der Waals surface area contributed by atoms with E-state index in [0.717, 1.165) is 32.5 Å². The van der Waals surface area contributed by atoms with Crippen molar-refractivity contribution in [3.63, 3.8) is 0 Å². The van der Waals surface area contributed by atoms with Gasteiger partial charge in [-0.3, -0.25) is 0 Å². The van der Waals surface area contributed by atoms with E-state index in [4.69, 9.17) is 19.3 Å². The molecule has 4 rings (SSSR count). The number of hydroxylamine groups is 2. The first-order valence-corrected chi connectivity index (χ1v) is 12.8. The van der Waals surface area contributed by atoms with E-state index < -0.39 is 5.97 Å². The fourth-order valence-corrected chi connectivity index (χ4v) is 4.74. The van der Waals surface area contributed by atoms with Gasteiger partial charge in [0.05, 0.1) is 24.7 Å². The topological polar surface area (TPSA) is 83.6 Å². The highest BCUT2D eigenvalue weighted by Crippen LogP contribution is 2.38. The van der Waals surface area contributed by atoms with Gasteiger partial charge in [0.1, 0.15) is 22.6 Å². The third-order valence-electron chi connectivity index (χ3n) is 6.07. The van der Waals surface area contributed by atoms with E-state index in [2.05, 4.69) is 63.6 Å². The van der Waals surface area contributed by atoms with E-state index in [0.29, 0.717) is 31.4 Å². The van der Waals surface area contributed by atoms with Gasteiger partial charge in [-0.1, -0.05) is 38.1 Å². The Morgan fingerprint density at radius 3 is 2.51 bits per heavy atom. The van der Waals surface area contributed by atoms with Gasteiger partial charge < -0.3 is 23.4 Å². The highest BCUT2D eigenvalue weighted by Gasteiger charge is 2.23. The van der Waals surface area contributed by atoms with E-state index in [9.17, 15) is 4.79 Å². The second-order valence-electron chi connectivity index (χ2n) is 9.18. The predicted molar refractivity (Wildman–Crippen MR) is 146 cm³/mol. The number of carbonyl (C=O) groups is 1. The first kappa shape index (κ1) is 26.8. The lowest BCUT2D eigenvalue weighted by Crippen LogP contribution is -2.22. The molecule has 9 nitrogen and oxygen atoms in total. The van der Waals surface area contributed by atoms with Gasteiger partial charge in [-0.05, 0) is 39.0 Å². The molecule has 0 radical (unpaired) electrons. The molecule has 2 aromatic carbocycles. The number of ether oxygens (including phenoxy) is 2. The van der Waals surface area contributed by atoms with Crippen molar-refractivity contribution in [2.24, 2.45) is 0 Å². The number of rotatable bonds is 10. The second kappa shape index (κ2) is 11.5. The smallest absolute Gasteiger partial charge is 0.393 e. The highest BCUT2D eigenvalue weighted by molar-refractivity contribution is 9.10. The van der Waals surface area contributed by atoms with Crippen LogP contribution in [0.2, 0.25) is 0 Å². The van der Waals surface area contributed by atoms with Crippen molar-refractivity contribution < 1.29 is 19.1 Å². The van der Waals surface area contributed by atoms with Gasteiger partial charge in [-0.15, -0.1) is 5.06 Å². The van der Waals surface area contributed by atoms with Gasteiger partial charge in [-0.2, -0.15) is 0 Å². The van der Waals surface area contributed by atoms with Crippen LogP contribution in [0.3, 0.4) is 0 Å². The van der Waals surface area contributed by atoms with Crippen LogP contribution in [0.25, 0.3) is 22.4 Å². The van der Waals surface area contributed by atoms with Crippen molar-refractivity contribution in [2.75, 3.05) is 34.9 Å². The Bertz CT molecular complexity index is 1390. The molecule has 0 aliphatic rings. The van der Waals surface area contributed by atoms with E-state index in [1.807, 2.05) is 6.07 Å². The number of halogens is 1. The van der Waals surface area contributed by atoms with E-state index in [-0.39, 0.29) is 5.82 Å². The molecule has 0 spiro atoms. The molecule has 196 valence electrons. The van der Waals surface area contributed by atoms with Crippen LogP contribution in [0.15, 0.2) is 47.2 Å². The molecule has 0 fully saturated rings. The van der Waals surface area contributed by atoms with Crippen LogP contribution in [0.1, 0.15) is 41.5 Å². The Labute approximate surface area is 225 Å². The number of methoxy groups -OCH3 is 2. The number of carbonyl (C=O) groups excluding carboxylic acids is 1. The summed E-state index contributed by atoms with van der Waals surface area (Å²) in [5, 5.41) is 1.34. The summed E-state index contributed by atoms with van der Waals surface area (Å²) in [7, 11) is 6.63. The number of imidazole rings is 2. The first-order valence-electron chi connectivity index (χ1n) is 12.0. The molecular weight excluding hydrogens is 538 g/mol. The number of aromatic nitrogens is 4. The van der Waals surface area contributed by atoms with Crippen molar-refractivity contribution in [3.05, 3.63) is 64.1 Å². The van der Waals surface area contributed by atoms with Gasteiger partial charge in [-0.25, -0.2) is 14.8 Å². The minimum atomic E-state index is -0.532. The predicted octanol–water partition coefficient (Wildman–Crippen LogP) is 5.12. The second-order valence-corrected chi connectivity index (χ2v) is 9.97. The Morgan fingerprint density at radius 1 is 1.16 bits per heavy atom. The average molecular weight is 570 g/mol. The minimum Gasteiger partial charge on any atom is -0.494 e. The normalized spacial score (nSPS) is 11.6. The molecule has 0 bridgehead atoms. The highest BCUT2D eigenvalue weighted by atomic mass is 79.9. The number of hydrogen-bond acceptors (Lipinski definition) is 7. The maximum absolute atomic E-state index is 12.5. The molecule has 0 aliphatic carbocycles. The molecule has 0 saturated carbocycles. The van der Waals surface area contributed by atoms with Crippen LogP contribution in [0.5, 0.6) is 5.75 Å². The molecule has 2 aromatic heterocycles. The van der Waals surface area contributed by atoms with Crippen LogP contribution < -0.4 is 4.74 Å². The lowest BCUT2D eigenvalue weighted by atomic mass is 10.0. The lowest BCUT2D eigenvalue weighted by Gasteiger charge is -2.15. The molecular formula is C27H32BrN5O4. The molecule has 0 unspecified atom stereocenters. The molecule has 0 N–H and O–H groups in total. The quantitative estimate of drug-likeness (QED) is 0.245. The molecule has 37 heavy (non-hydrogen) atoms. The summed E-state index contributed by atoms with van der Waals surface area (Å²) in [5.74, 6) is 1.63. The molecule has 2 heterocycles. The number of nitrogens with zero attached hydrogens (tertiary/aromatic N) is 5. The Balaban J connectivity index is 1.83. The van der Waals surface area contributed by atoms with E-state index in [1.54, 1.807) is 45.3 Å². The first-order chi connectivity index (χ1) is 17.7. The Hall–Kier alpha value is -3.21. The SMILES string of the molecule is COCCn1c(-c2ccc(C(C)C)cc2)nc2c(Br)c(Cn3ccnc3C(=O)ON(C)C)cc(OC)c21. The molecule has 0 saturated heterocycles. The third-order valence-corrected chi connectivity index (χ3v) is 6.96. The van der Waals surface area contributed by atoms with Gasteiger partial charge in [0.2, 0.25) is 5.82 Å². The summed E-state index contributed by atoms with van der Waals surface area (Å²) < 4.78 is 15.9. The molecule has 0 aliphatic heterocycles. The Kier molecular flexibility index (Phi) is 8.31. The Morgan fingerprint density at radius 2 is 1.89 bits per heavy atom. The van der Waals surface area contributed by atoms with Crippen LogP contribution in [0.4, 0.5) is 0 Å². The van der Waals surface area contributed by atoms with Crippen LogP contribution >= 0.6 is 15.9 Å². The van der Waals surface area contributed by atoms with E-state index in [1.165, 1.54) is 10.6 Å². The zero-order valence-electron chi connectivity index (χ0n) is 22.0. The molecule has 4 aromatic rings. The van der Waals surface area contributed by atoms with Crippen molar-refractivity contribution >= 4 is 32.9 Å². The summed E-state index contributed by atoms with van der Waals surface area (Å²) in [5.41, 5.74) is 4.81. The van der Waals surface area contributed by atoms with E-state index >= 15 is 0 Å². The molecule has 10 heteroatoms.